The molecule has 24 heavy (non-hydrogen) atoms. The summed E-state index contributed by atoms with van der Waals surface area (Å²) in [5, 5.41) is 15.7. The maximum Gasteiger partial charge on any atom is 0.228 e. The van der Waals surface area contributed by atoms with Crippen molar-refractivity contribution in [3.05, 3.63) is 40.4 Å². The van der Waals surface area contributed by atoms with Gasteiger partial charge >= 0.3 is 0 Å². The highest BCUT2D eigenvalue weighted by Gasteiger charge is 2.18. The summed E-state index contributed by atoms with van der Waals surface area (Å²) >= 11 is 1.42. The average Bonchev–Trinajstić information content (AvgIpc) is 2.97. The summed E-state index contributed by atoms with van der Waals surface area (Å²) in [7, 11) is 0. The van der Waals surface area contributed by atoms with Crippen LogP contribution in [0.4, 0.5) is 5.13 Å². The second kappa shape index (κ2) is 9.08. The number of morpholine rings is 1. The van der Waals surface area contributed by atoms with Crippen molar-refractivity contribution < 1.29 is 9.53 Å². The van der Waals surface area contributed by atoms with E-state index in [-0.39, 0.29) is 24.4 Å². The predicted molar refractivity (Wildman–Crippen MR) is 97.0 cm³/mol. The molecule has 0 bridgehead atoms. The summed E-state index contributed by atoms with van der Waals surface area (Å²) in [5.74, 6) is -0.0858. The molecule has 2 heterocycles. The highest BCUT2D eigenvalue weighted by atomic mass is 35.5. The first-order valence-electron chi connectivity index (χ1n) is 7.70. The van der Waals surface area contributed by atoms with Crippen LogP contribution in [0, 0.1) is 6.92 Å². The number of halogens is 1. The molecule has 2 aromatic rings. The van der Waals surface area contributed by atoms with Crippen molar-refractivity contribution in [2.45, 2.75) is 25.9 Å². The van der Waals surface area contributed by atoms with E-state index in [9.17, 15) is 4.79 Å². The van der Waals surface area contributed by atoms with E-state index in [0.29, 0.717) is 24.7 Å². The average molecular weight is 369 g/mol. The molecule has 1 atom stereocenters. The van der Waals surface area contributed by atoms with Crippen LogP contribution >= 0.6 is 23.7 Å². The number of nitrogens with zero attached hydrogens (tertiary/aromatic N) is 2. The van der Waals surface area contributed by atoms with Crippen molar-refractivity contribution in [3.8, 4) is 0 Å². The van der Waals surface area contributed by atoms with Crippen molar-refractivity contribution >= 4 is 34.8 Å². The first-order valence-corrected chi connectivity index (χ1v) is 8.51. The lowest BCUT2D eigenvalue weighted by molar-refractivity contribution is -0.119. The third-order valence-corrected chi connectivity index (χ3v) is 4.57. The first-order chi connectivity index (χ1) is 11.2. The quantitative estimate of drug-likeness (QED) is 0.845. The minimum Gasteiger partial charge on any atom is -0.375 e. The molecule has 1 fully saturated rings. The van der Waals surface area contributed by atoms with Crippen molar-refractivity contribution in [1.29, 1.82) is 0 Å². The van der Waals surface area contributed by atoms with Crippen LogP contribution in [0.2, 0.25) is 0 Å². The fourth-order valence-corrected chi connectivity index (χ4v) is 3.25. The Bertz CT molecular complexity index is 674. The van der Waals surface area contributed by atoms with Gasteiger partial charge in [0.25, 0.3) is 0 Å². The number of aryl methyl sites for hydroxylation is 1. The predicted octanol–water partition coefficient (Wildman–Crippen LogP) is 2.18. The first kappa shape index (κ1) is 18.8. The maximum absolute atomic E-state index is 12.0. The molecule has 1 aliphatic heterocycles. The van der Waals surface area contributed by atoms with E-state index >= 15 is 0 Å². The van der Waals surface area contributed by atoms with Gasteiger partial charge in [-0.3, -0.25) is 4.79 Å². The van der Waals surface area contributed by atoms with Crippen LogP contribution in [0.15, 0.2) is 24.3 Å². The Balaban J connectivity index is 0.00000208. The fraction of sp³-hybridized carbons (Fsp3) is 0.438. The molecule has 1 amide bonds. The van der Waals surface area contributed by atoms with Crippen molar-refractivity contribution in [2.24, 2.45) is 0 Å². The number of benzene rings is 1. The van der Waals surface area contributed by atoms with Gasteiger partial charge in [-0.1, -0.05) is 35.6 Å². The van der Waals surface area contributed by atoms with E-state index < -0.39 is 0 Å². The molecule has 1 aromatic carbocycles. The number of anilines is 1. The lowest BCUT2D eigenvalue weighted by Gasteiger charge is -2.22. The minimum absolute atomic E-state index is 0. The summed E-state index contributed by atoms with van der Waals surface area (Å²) < 4.78 is 5.53. The van der Waals surface area contributed by atoms with Crippen LogP contribution in [0.1, 0.15) is 22.6 Å². The summed E-state index contributed by atoms with van der Waals surface area (Å²) in [4.78, 5) is 12.0. The Morgan fingerprint density at radius 1 is 1.42 bits per heavy atom. The Hall–Kier alpha value is -1.54. The van der Waals surface area contributed by atoms with Crippen LogP contribution in [0.3, 0.4) is 0 Å². The number of carbonyl (C=O) groups excluding carboxylic acids is 1. The molecule has 1 unspecified atom stereocenters. The monoisotopic (exact) mass is 368 g/mol. The minimum atomic E-state index is -0.0858. The molecule has 3 rings (SSSR count). The van der Waals surface area contributed by atoms with Gasteiger partial charge in [0.05, 0.1) is 19.1 Å². The molecule has 130 valence electrons. The summed E-state index contributed by atoms with van der Waals surface area (Å²) in [6.45, 7) is 4.29. The Morgan fingerprint density at radius 3 is 3.00 bits per heavy atom. The van der Waals surface area contributed by atoms with Crippen LogP contribution in [-0.4, -0.2) is 41.9 Å². The van der Waals surface area contributed by atoms with E-state index in [2.05, 4.69) is 39.9 Å². The summed E-state index contributed by atoms with van der Waals surface area (Å²) in [6, 6.07) is 8.21. The van der Waals surface area contributed by atoms with Gasteiger partial charge in [0.15, 0.2) is 0 Å². The van der Waals surface area contributed by atoms with E-state index in [1.165, 1.54) is 22.5 Å². The number of hydrogen-bond acceptors (Lipinski definition) is 6. The molecule has 0 aliphatic carbocycles. The SMILES string of the molecule is Cc1ccccc1Cc1nnc(NC(=O)CC2CNCCO2)s1.Cl. The lowest BCUT2D eigenvalue weighted by Crippen LogP contribution is -2.40. The fourth-order valence-electron chi connectivity index (χ4n) is 2.47. The Kier molecular flexibility index (Phi) is 7.11. The normalized spacial score (nSPS) is 17.1. The van der Waals surface area contributed by atoms with Crippen LogP contribution < -0.4 is 10.6 Å². The molecule has 1 aliphatic rings. The van der Waals surface area contributed by atoms with Crippen LogP contribution in [0.25, 0.3) is 0 Å². The molecular formula is C16H21ClN4O2S. The van der Waals surface area contributed by atoms with Crippen molar-refractivity contribution in [1.82, 2.24) is 15.5 Å². The lowest BCUT2D eigenvalue weighted by atomic mass is 10.1. The molecule has 0 spiro atoms. The van der Waals surface area contributed by atoms with Gasteiger partial charge in [0, 0.05) is 19.5 Å². The van der Waals surface area contributed by atoms with Gasteiger partial charge in [-0.05, 0) is 18.1 Å². The molecule has 0 saturated carbocycles. The summed E-state index contributed by atoms with van der Waals surface area (Å²) in [6.07, 6.45) is 0.998. The number of hydrogen-bond donors (Lipinski definition) is 2. The standard InChI is InChI=1S/C16H20N4O2S.ClH/c1-11-4-2-3-5-12(11)8-15-19-20-16(23-15)18-14(21)9-13-10-17-6-7-22-13;/h2-5,13,17H,6-10H2,1H3,(H,18,20,21);1H. The zero-order valence-electron chi connectivity index (χ0n) is 13.4. The van der Waals surface area contributed by atoms with Gasteiger partial charge in [-0.25, -0.2) is 0 Å². The third-order valence-electron chi connectivity index (χ3n) is 3.73. The van der Waals surface area contributed by atoms with Crippen molar-refractivity contribution in [3.63, 3.8) is 0 Å². The van der Waals surface area contributed by atoms with Gasteiger partial charge in [-0.15, -0.1) is 22.6 Å². The number of carbonyl (C=O) groups is 1. The smallest absolute Gasteiger partial charge is 0.228 e. The highest BCUT2D eigenvalue weighted by molar-refractivity contribution is 7.15. The van der Waals surface area contributed by atoms with E-state index in [1.807, 2.05) is 12.1 Å². The van der Waals surface area contributed by atoms with Crippen LogP contribution in [-0.2, 0) is 16.0 Å². The van der Waals surface area contributed by atoms with E-state index in [4.69, 9.17) is 4.74 Å². The van der Waals surface area contributed by atoms with E-state index in [0.717, 1.165) is 18.0 Å². The molecule has 1 aromatic heterocycles. The largest absolute Gasteiger partial charge is 0.375 e. The van der Waals surface area contributed by atoms with Gasteiger partial charge < -0.3 is 15.4 Å². The van der Waals surface area contributed by atoms with Crippen molar-refractivity contribution in [2.75, 3.05) is 25.0 Å². The Morgan fingerprint density at radius 2 is 2.25 bits per heavy atom. The molecular weight excluding hydrogens is 348 g/mol. The molecule has 6 nitrogen and oxygen atoms in total. The number of ether oxygens (including phenoxy) is 1. The number of amides is 1. The zero-order chi connectivity index (χ0) is 16.1. The zero-order valence-corrected chi connectivity index (χ0v) is 15.1. The van der Waals surface area contributed by atoms with Gasteiger partial charge in [0.2, 0.25) is 11.0 Å². The summed E-state index contributed by atoms with van der Waals surface area (Å²) in [5.41, 5.74) is 2.46. The second-order valence-electron chi connectivity index (χ2n) is 5.55. The van der Waals surface area contributed by atoms with Gasteiger partial charge in [-0.2, -0.15) is 0 Å². The third kappa shape index (κ3) is 5.24. The number of rotatable bonds is 5. The second-order valence-corrected chi connectivity index (χ2v) is 6.62. The van der Waals surface area contributed by atoms with E-state index in [1.54, 1.807) is 0 Å². The Labute approximate surface area is 151 Å². The maximum atomic E-state index is 12.0. The highest BCUT2D eigenvalue weighted by Crippen LogP contribution is 2.20. The van der Waals surface area contributed by atoms with Crippen LogP contribution in [0.5, 0.6) is 0 Å². The molecule has 0 radical (unpaired) electrons. The number of aromatic nitrogens is 2. The molecule has 1 saturated heterocycles. The molecule has 8 heteroatoms. The topological polar surface area (TPSA) is 76.1 Å². The van der Waals surface area contributed by atoms with Gasteiger partial charge in [0.1, 0.15) is 5.01 Å². The number of nitrogens with one attached hydrogen (secondary N) is 2. The molecule has 2 N–H and O–H groups in total.